The van der Waals surface area contributed by atoms with E-state index in [4.69, 9.17) is 28.9 Å². The van der Waals surface area contributed by atoms with Crippen molar-refractivity contribution in [2.45, 2.75) is 19.0 Å². The second-order valence-corrected chi connectivity index (χ2v) is 6.19. The first-order chi connectivity index (χ1) is 10.0. The molecule has 112 valence electrons. The van der Waals surface area contributed by atoms with Crippen LogP contribution in [0.5, 0.6) is 0 Å². The third kappa shape index (κ3) is 5.33. The fourth-order valence-electron chi connectivity index (χ4n) is 2.26. The quantitative estimate of drug-likeness (QED) is 0.847. The summed E-state index contributed by atoms with van der Waals surface area (Å²) in [6.07, 6.45) is 0.901. The maximum atomic E-state index is 6.22. The van der Waals surface area contributed by atoms with Crippen LogP contribution in [0.3, 0.4) is 0 Å². The lowest BCUT2D eigenvalue weighted by Gasteiger charge is -2.20. The molecule has 2 nitrogen and oxygen atoms in total. The van der Waals surface area contributed by atoms with Gasteiger partial charge in [0.15, 0.2) is 0 Å². The van der Waals surface area contributed by atoms with Crippen LogP contribution in [0, 0.1) is 0 Å². The van der Waals surface area contributed by atoms with Gasteiger partial charge < -0.3 is 10.6 Å². The largest absolute Gasteiger partial charge is 0.324 e. The number of benzene rings is 2. The van der Waals surface area contributed by atoms with E-state index in [1.807, 2.05) is 42.5 Å². The van der Waals surface area contributed by atoms with Gasteiger partial charge in [0.1, 0.15) is 0 Å². The van der Waals surface area contributed by atoms with Gasteiger partial charge in [-0.1, -0.05) is 47.5 Å². The minimum atomic E-state index is 0.0316. The molecular weight excluding hydrogens is 303 g/mol. The van der Waals surface area contributed by atoms with Crippen LogP contribution < -0.4 is 5.73 Å². The zero-order valence-electron chi connectivity index (χ0n) is 12.1. The first-order valence-electron chi connectivity index (χ1n) is 6.98. The van der Waals surface area contributed by atoms with E-state index >= 15 is 0 Å². The van der Waals surface area contributed by atoms with Crippen LogP contribution in [0.15, 0.2) is 48.5 Å². The Labute approximate surface area is 136 Å². The molecule has 0 aromatic heterocycles. The summed E-state index contributed by atoms with van der Waals surface area (Å²) < 4.78 is 0. The van der Waals surface area contributed by atoms with Crippen molar-refractivity contribution >= 4 is 23.2 Å². The van der Waals surface area contributed by atoms with Gasteiger partial charge in [-0.15, -0.1) is 0 Å². The Balaban J connectivity index is 1.83. The van der Waals surface area contributed by atoms with E-state index in [9.17, 15) is 0 Å². The van der Waals surface area contributed by atoms with Crippen LogP contribution in [0.1, 0.15) is 23.6 Å². The van der Waals surface area contributed by atoms with Gasteiger partial charge in [0, 0.05) is 22.6 Å². The molecular formula is C17H20Cl2N2. The van der Waals surface area contributed by atoms with Crippen molar-refractivity contribution in [2.75, 3.05) is 13.6 Å². The van der Waals surface area contributed by atoms with Crippen molar-refractivity contribution in [1.82, 2.24) is 4.90 Å². The molecule has 2 N–H and O–H groups in total. The van der Waals surface area contributed by atoms with Crippen molar-refractivity contribution in [3.8, 4) is 0 Å². The molecule has 2 aromatic rings. The van der Waals surface area contributed by atoms with Gasteiger partial charge in [0.2, 0.25) is 0 Å². The van der Waals surface area contributed by atoms with Crippen LogP contribution in [0.25, 0.3) is 0 Å². The van der Waals surface area contributed by atoms with Crippen LogP contribution in [0.2, 0.25) is 10.0 Å². The normalized spacial score (nSPS) is 12.6. The highest BCUT2D eigenvalue weighted by Gasteiger charge is 2.08. The topological polar surface area (TPSA) is 29.3 Å². The molecule has 0 fully saturated rings. The molecule has 1 unspecified atom stereocenters. The Hall–Kier alpha value is -1.06. The molecule has 1 atom stereocenters. The van der Waals surface area contributed by atoms with Gasteiger partial charge in [-0.2, -0.15) is 0 Å². The van der Waals surface area contributed by atoms with E-state index < -0.39 is 0 Å². The number of halogens is 2. The lowest BCUT2D eigenvalue weighted by atomic mass is 10.0. The van der Waals surface area contributed by atoms with Gasteiger partial charge in [0.05, 0.1) is 0 Å². The fourth-order valence-corrected chi connectivity index (χ4v) is 2.60. The number of hydrogen-bond donors (Lipinski definition) is 1. The van der Waals surface area contributed by atoms with Crippen molar-refractivity contribution in [1.29, 1.82) is 0 Å². The summed E-state index contributed by atoms with van der Waals surface area (Å²) in [4.78, 5) is 2.25. The van der Waals surface area contributed by atoms with E-state index in [-0.39, 0.29) is 6.04 Å². The fraction of sp³-hybridized carbons (Fsp3) is 0.294. The Morgan fingerprint density at radius 2 is 1.76 bits per heavy atom. The third-order valence-corrected chi connectivity index (χ3v) is 3.95. The highest BCUT2D eigenvalue weighted by atomic mass is 35.5. The zero-order chi connectivity index (χ0) is 15.2. The minimum Gasteiger partial charge on any atom is -0.324 e. The smallest absolute Gasteiger partial charge is 0.0409 e. The van der Waals surface area contributed by atoms with Crippen LogP contribution in [-0.4, -0.2) is 18.5 Å². The molecule has 0 amide bonds. The van der Waals surface area contributed by atoms with E-state index in [0.717, 1.165) is 35.1 Å². The third-order valence-electron chi connectivity index (χ3n) is 3.46. The van der Waals surface area contributed by atoms with Crippen LogP contribution >= 0.6 is 23.2 Å². The molecule has 0 spiro atoms. The Kier molecular flexibility index (Phi) is 6.07. The molecule has 21 heavy (non-hydrogen) atoms. The van der Waals surface area contributed by atoms with Crippen LogP contribution in [0.4, 0.5) is 0 Å². The molecule has 0 aliphatic heterocycles. The molecule has 2 rings (SSSR count). The van der Waals surface area contributed by atoms with Crippen molar-refractivity contribution < 1.29 is 0 Å². The SMILES string of the molecule is CN(CCC(N)c1ccc(Cl)cc1)Cc1cccc(Cl)c1. The molecule has 0 saturated heterocycles. The molecule has 0 saturated carbocycles. The molecule has 0 heterocycles. The summed E-state index contributed by atoms with van der Waals surface area (Å²) in [5.74, 6) is 0. The molecule has 0 bridgehead atoms. The van der Waals surface area contributed by atoms with Crippen molar-refractivity contribution in [3.63, 3.8) is 0 Å². The predicted molar refractivity (Wildman–Crippen MR) is 90.8 cm³/mol. The predicted octanol–water partition coefficient (Wildman–Crippen LogP) is 4.52. The molecule has 4 heteroatoms. The average Bonchev–Trinajstić information content (AvgIpc) is 2.45. The first kappa shape index (κ1) is 16.3. The van der Waals surface area contributed by atoms with Gasteiger partial charge >= 0.3 is 0 Å². The molecule has 0 radical (unpaired) electrons. The maximum absolute atomic E-state index is 6.22. The Morgan fingerprint density at radius 1 is 1.05 bits per heavy atom. The van der Waals surface area contributed by atoms with E-state index in [1.54, 1.807) is 0 Å². The van der Waals surface area contributed by atoms with E-state index in [0.29, 0.717) is 0 Å². The monoisotopic (exact) mass is 322 g/mol. The Morgan fingerprint density at radius 3 is 2.43 bits per heavy atom. The van der Waals surface area contributed by atoms with E-state index in [1.165, 1.54) is 5.56 Å². The standard InChI is InChI=1S/C17H20Cl2N2/c1-21(12-13-3-2-4-16(19)11-13)10-9-17(20)14-5-7-15(18)8-6-14/h2-8,11,17H,9-10,12,20H2,1H3. The summed E-state index contributed by atoms with van der Waals surface area (Å²) in [6.45, 7) is 1.80. The second-order valence-electron chi connectivity index (χ2n) is 5.31. The lowest BCUT2D eigenvalue weighted by Crippen LogP contribution is -2.23. The number of nitrogens with zero attached hydrogens (tertiary/aromatic N) is 1. The van der Waals surface area contributed by atoms with Gasteiger partial charge in [0.25, 0.3) is 0 Å². The number of hydrogen-bond acceptors (Lipinski definition) is 2. The van der Waals surface area contributed by atoms with Gasteiger partial charge in [-0.05, 0) is 55.4 Å². The minimum absolute atomic E-state index is 0.0316. The van der Waals surface area contributed by atoms with Crippen molar-refractivity contribution in [2.24, 2.45) is 5.73 Å². The van der Waals surface area contributed by atoms with Crippen molar-refractivity contribution in [3.05, 3.63) is 69.7 Å². The Bertz CT molecular complexity index is 569. The summed E-state index contributed by atoms with van der Waals surface area (Å²) in [7, 11) is 2.09. The number of nitrogens with two attached hydrogens (primary N) is 1. The molecule has 2 aromatic carbocycles. The highest BCUT2D eigenvalue weighted by Crippen LogP contribution is 2.18. The molecule has 0 aliphatic rings. The summed E-state index contributed by atoms with van der Waals surface area (Å²) in [5, 5.41) is 1.52. The van der Waals surface area contributed by atoms with Gasteiger partial charge in [-0.25, -0.2) is 0 Å². The summed E-state index contributed by atoms with van der Waals surface area (Å²) in [6, 6.07) is 15.7. The summed E-state index contributed by atoms with van der Waals surface area (Å²) in [5.41, 5.74) is 8.55. The average molecular weight is 323 g/mol. The summed E-state index contributed by atoms with van der Waals surface area (Å²) >= 11 is 11.9. The first-order valence-corrected chi connectivity index (χ1v) is 7.74. The van der Waals surface area contributed by atoms with E-state index in [2.05, 4.69) is 18.0 Å². The second kappa shape index (κ2) is 7.81. The van der Waals surface area contributed by atoms with Gasteiger partial charge in [-0.3, -0.25) is 0 Å². The number of rotatable bonds is 6. The van der Waals surface area contributed by atoms with Crippen LogP contribution in [-0.2, 0) is 6.54 Å². The molecule has 0 aliphatic carbocycles. The lowest BCUT2D eigenvalue weighted by molar-refractivity contribution is 0.311. The maximum Gasteiger partial charge on any atom is 0.0409 e. The highest BCUT2D eigenvalue weighted by molar-refractivity contribution is 6.30. The zero-order valence-corrected chi connectivity index (χ0v) is 13.6.